The van der Waals surface area contributed by atoms with Crippen LogP contribution in [0.15, 0.2) is 41.0 Å². The van der Waals surface area contributed by atoms with Crippen molar-refractivity contribution >= 4 is 5.69 Å². The number of halogens is 1. The van der Waals surface area contributed by atoms with Gasteiger partial charge in [0.1, 0.15) is 17.3 Å². The van der Waals surface area contributed by atoms with Gasteiger partial charge >= 0.3 is 0 Å². The lowest BCUT2D eigenvalue weighted by Crippen LogP contribution is -2.32. The second-order valence-corrected chi connectivity index (χ2v) is 4.13. The molecule has 0 spiro atoms. The van der Waals surface area contributed by atoms with Crippen molar-refractivity contribution in [1.29, 1.82) is 0 Å². The summed E-state index contributed by atoms with van der Waals surface area (Å²) in [5.74, 6) is 0.947. The van der Waals surface area contributed by atoms with Crippen LogP contribution in [0.2, 0.25) is 0 Å². The molecule has 2 atom stereocenters. The van der Waals surface area contributed by atoms with Crippen molar-refractivity contribution in [2.45, 2.75) is 19.1 Å². The van der Waals surface area contributed by atoms with E-state index in [0.29, 0.717) is 5.75 Å². The summed E-state index contributed by atoms with van der Waals surface area (Å²) in [5.41, 5.74) is 0.807. The largest absolute Gasteiger partial charge is 0.478 e. The van der Waals surface area contributed by atoms with Gasteiger partial charge in [-0.3, -0.25) is 0 Å². The summed E-state index contributed by atoms with van der Waals surface area (Å²) in [6.07, 6.45) is 1.37. The van der Waals surface area contributed by atoms with Gasteiger partial charge in [-0.15, -0.1) is 0 Å². The average Bonchev–Trinajstić information content (AvgIpc) is 2.82. The molecule has 0 fully saturated rings. The topological polar surface area (TPSA) is 34.4 Å². The maximum Gasteiger partial charge on any atom is 0.176 e. The minimum Gasteiger partial charge on any atom is -0.478 e. The molecular weight excluding hydrogens is 221 g/mol. The smallest absolute Gasteiger partial charge is 0.176 e. The summed E-state index contributed by atoms with van der Waals surface area (Å²) in [5, 5.41) is 3.27. The van der Waals surface area contributed by atoms with Crippen LogP contribution in [0.5, 0.6) is 5.75 Å². The molecule has 3 rings (SSSR count). The van der Waals surface area contributed by atoms with Crippen LogP contribution < -0.4 is 10.1 Å². The molecular formula is C13H12FNO2. The Balaban J connectivity index is 1.96. The molecule has 4 heteroatoms. The zero-order valence-electron chi connectivity index (χ0n) is 9.31. The van der Waals surface area contributed by atoms with Crippen LogP contribution in [0.4, 0.5) is 10.1 Å². The van der Waals surface area contributed by atoms with Crippen molar-refractivity contribution < 1.29 is 13.5 Å². The van der Waals surface area contributed by atoms with E-state index in [1.165, 1.54) is 12.1 Å². The first kappa shape index (κ1) is 10.2. The zero-order chi connectivity index (χ0) is 11.8. The third kappa shape index (κ3) is 1.75. The maximum atomic E-state index is 13.1. The summed E-state index contributed by atoms with van der Waals surface area (Å²) in [4.78, 5) is 0. The fourth-order valence-electron chi connectivity index (χ4n) is 2.03. The minimum atomic E-state index is -0.307. The molecule has 0 amide bonds. The Morgan fingerprint density at radius 2 is 2.18 bits per heavy atom. The highest BCUT2D eigenvalue weighted by Gasteiger charge is 2.29. The van der Waals surface area contributed by atoms with Crippen LogP contribution in [0.25, 0.3) is 0 Å². The molecule has 2 heterocycles. The number of ether oxygens (including phenoxy) is 1. The van der Waals surface area contributed by atoms with Crippen molar-refractivity contribution in [3.63, 3.8) is 0 Å². The van der Waals surface area contributed by atoms with Gasteiger partial charge in [0.15, 0.2) is 6.10 Å². The molecule has 0 radical (unpaired) electrons. The molecule has 2 aromatic rings. The molecule has 1 aliphatic rings. The normalized spacial score (nSPS) is 22.5. The van der Waals surface area contributed by atoms with Crippen molar-refractivity contribution in [1.82, 2.24) is 0 Å². The molecule has 1 N–H and O–H groups in total. The number of hydrogen-bond donors (Lipinski definition) is 1. The van der Waals surface area contributed by atoms with Gasteiger partial charge in [-0.05, 0) is 31.2 Å². The van der Waals surface area contributed by atoms with Gasteiger partial charge < -0.3 is 14.5 Å². The van der Waals surface area contributed by atoms with Crippen LogP contribution in [-0.2, 0) is 0 Å². The van der Waals surface area contributed by atoms with Crippen LogP contribution >= 0.6 is 0 Å². The highest BCUT2D eigenvalue weighted by molar-refractivity contribution is 5.59. The van der Waals surface area contributed by atoms with E-state index < -0.39 is 0 Å². The predicted molar refractivity (Wildman–Crippen MR) is 61.6 cm³/mol. The lowest BCUT2D eigenvalue weighted by atomic mass is 10.1. The molecule has 0 bridgehead atoms. The van der Waals surface area contributed by atoms with Crippen LogP contribution in [0.1, 0.15) is 18.8 Å². The molecule has 2 unspecified atom stereocenters. The van der Waals surface area contributed by atoms with E-state index in [4.69, 9.17) is 9.15 Å². The number of rotatable bonds is 1. The van der Waals surface area contributed by atoms with Gasteiger partial charge in [-0.2, -0.15) is 0 Å². The molecule has 88 valence electrons. The second kappa shape index (κ2) is 3.80. The standard InChI is InChI=1S/C13H12FNO2/c1-8-13(11-3-2-6-16-11)17-12-7-9(14)4-5-10(12)15-8/h2-8,13,15H,1H3. The zero-order valence-corrected chi connectivity index (χ0v) is 9.31. The Morgan fingerprint density at radius 3 is 2.94 bits per heavy atom. The minimum absolute atomic E-state index is 0.0686. The van der Waals surface area contributed by atoms with Crippen molar-refractivity contribution in [2.75, 3.05) is 5.32 Å². The number of nitrogens with one attached hydrogen (secondary N) is 1. The summed E-state index contributed by atoms with van der Waals surface area (Å²) in [6.45, 7) is 2.00. The van der Waals surface area contributed by atoms with E-state index in [9.17, 15) is 4.39 Å². The van der Waals surface area contributed by atoms with E-state index >= 15 is 0 Å². The Kier molecular flexibility index (Phi) is 2.28. The molecule has 1 aromatic carbocycles. The van der Waals surface area contributed by atoms with E-state index in [2.05, 4.69) is 5.32 Å². The summed E-state index contributed by atoms with van der Waals surface area (Å²) in [6, 6.07) is 8.21. The highest BCUT2D eigenvalue weighted by atomic mass is 19.1. The third-order valence-electron chi connectivity index (χ3n) is 2.86. The molecule has 17 heavy (non-hydrogen) atoms. The van der Waals surface area contributed by atoms with Crippen molar-refractivity contribution in [3.05, 3.63) is 48.2 Å². The Bertz CT molecular complexity index is 524. The van der Waals surface area contributed by atoms with E-state index in [1.54, 1.807) is 12.3 Å². The summed E-state index contributed by atoms with van der Waals surface area (Å²) in [7, 11) is 0. The number of anilines is 1. The lowest BCUT2D eigenvalue weighted by molar-refractivity contribution is 0.150. The first-order valence-corrected chi connectivity index (χ1v) is 5.50. The van der Waals surface area contributed by atoms with Gasteiger partial charge in [-0.25, -0.2) is 4.39 Å². The molecule has 1 aromatic heterocycles. The van der Waals surface area contributed by atoms with Gasteiger partial charge in [0, 0.05) is 6.07 Å². The average molecular weight is 233 g/mol. The summed E-state index contributed by atoms with van der Waals surface area (Å²) < 4.78 is 24.2. The first-order chi connectivity index (χ1) is 8.24. The Hall–Kier alpha value is -1.97. The number of furan rings is 1. The SMILES string of the molecule is CC1Nc2ccc(F)cc2OC1c1ccco1. The van der Waals surface area contributed by atoms with E-state index in [-0.39, 0.29) is 18.0 Å². The number of hydrogen-bond acceptors (Lipinski definition) is 3. The first-order valence-electron chi connectivity index (χ1n) is 5.50. The van der Waals surface area contributed by atoms with Crippen LogP contribution in [0, 0.1) is 5.82 Å². The quantitative estimate of drug-likeness (QED) is 0.820. The molecule has 0 saturated heterocycles. The fourth-order valence-corrected chi connectivity index (χ4v) is 2.03. The second-order valence-electron chi connectivity index (χ2n) is 4.13. The summed E-state index contributed by atoms with van der Waals surface area (Å²) >= 11 is 0. The monoisotopic (exact) mass is 233 g/mol. The maximum absolute atomic E-state index is 13.1. The van der Waals surface area contributed by atoms with Gasteiger partial charge in [0.25, 0.3) is 0 Å². The number of fused-ring (bicyclic) bond motifs is 1. The molecule has 0 aliphatic carbocycles. The fraction of sp³-hybridized carbons (Fsp3) is 0.231. The van der Waals surface area contributed by atoms with Crippen LogP contribution in [-0.4, -0.2) is 6.04 Å². The van der Waals surface area contributed by atoms with E-state index in [1.807, 2.05) is 19.1 Å². The Labute approximate surface area is 98.2 Å². The molecule has 3 nitrogen and oxygen atoms in total. The molecule has 0 saturated carbocycles. The molecule has 1 aliphatic heterocycles. The highest BCUT2D eigenvalue weighted by Crippen LogP contribution is 2.37. The lowest BCUT2D eigenvalue weighted by Gasteiger charge is -2.31. The predicted octanol–water partition coefficient (Wildman–Crippen LogP) is 3.35. The van der Waals surface area contributed by atoms with Gasteiger partial charge in [0.2, 0.25) is 0 Å². The Morgan fingerprint density at radius 1 is 1.29 bits per heavy atom. The van der Waals surface area contributed by atoms with Crippen molar-refractivity contribution in [2.24, 2.45) is 0 Å². The van der Waals surface area contributed by atoms with Crippen molar-refractivity contribution in [3.8, 4) is 5.75 Å². The van der Waals surface area contributed by atoms with Gasteiger partial charge in [-0.1, -0.05) is 0 Å². The van der Waals surface area contributed by atoms with E-state index in [0.717, 1.165) is 11.4 Å². The van der Waals surface area contributed by atoms with Crippen LogP contribution in [0.3, 0.4) is 0 Å². The third-order valence-corrected chi connectivity index (χ3v) is 2.86. The van der Waals surface area contributed by atoms with Gasteiger partial charge in [0.05, 0.1) is 18.0 Å². The number of benzene rings is 1.